The number of fused-ring (bicyclic) bond motifs is 4. The summed E-state index contributed by atoms with van der Waals surface area (Å²) in [7, 11) is 3.75. The van der Waals surface area contributed by atoms with Crippen molar-refractivity contribution >= 4 is 45.9 Å². The molecular weight excluding hydrogens is 486 g/mol. The first kappa shape index (κ1) is 25.2. The van der Waals surface area contributed by atoms with Crippen molar-refractivity contribution in [2.75, 3.05) is 26.6 Å². The Bertz CT molecular complexity index is 1510. The van der Waals surface area contributed by atoms with Gasteiger partial charge in [-0.25, -0.2) is 9.59 Å². The number of H-pyrrole nitrogens is 1. The van der Waals surface area contributed by atoms with Crippen LogP contribution in [-0.4, -0.2) is 56.0 Å². The maximum absolute atomic E-state index is 13.2. The fraction of sp³-hybridized carbons (Fsp3) is 0.240. The number of anilines is 2. The quantitative estimate of drug-likeness (QED) is 0.249. The summed E-state index contributed by atoms with van der Waals surface area (Å²) in [4.78, 5) is 64.9. The minimum absolute atomic E-state index is 0.0712. The molecule has 0 fully saturated rings. The van der Waals surface area contributed by atoms with Crippen LogP contribution in [0.5, 0.6) is 17.2 Å². The number of ketones is 1. The average Bonchev–Trinajstić information content (AvgIpc) is 2.89. The maximum atomic E-state index is 13.2. The molecule has 192 valence electrons. The largest absolute Gasteiger partial charge is 0.494 e. The van der Waals surface area contributed by atoms with E-state index in [4.69, 9.17) is 18.9 Å². The van der Waals surface area contributed by atoms with Crippen molar-refractivity contribution in [1.29, 1.82) is 0 Å². The smallest absolute Gasteiger partial charge is 0.354 e. The third-order valence-electron chi connectivity index (χ3n) is 5.71. The standard InChI is InChI=1S/C25H23N3O9/c1-11(29)26-13(24(32)35-3)8-15(30)12-6-5-7-17-21(12)28-23-19(37-17)10-18(34-2)22-20(23)16(31)9-14(27-22)25(33)36-4/h5-7,9-10,13,28H,8H2,1-4H3,(H,26,29)(H,27,31). The van der Waals surface area contributed by atoms with Gasteiger partial charge in [0.05, 0.1) is 43.6 Å². The highest BCUT2D eigenvalue weighted by atomic mass is 16.5. The van der Waals surface area contributed by atoms with E-state index in [9.17, 15) is 24.0 Å². The Balaban J connectivity index is 1.80. The molecule has 0 radical (unpaired) electrons. The SMILES string of the molecule is COC(=O)c1cc(=O)c2c3c(cc(OC)c2[nH]1)Oc1cccc(C(=O)CC(NC(C)=O)C(=O)OC)c1N3. The maximum Gasteiger partial charge on any atom is 0.354 e. The summed E-state index contributed by atoms with van der Waals surface area (Å²) in [5.74, 6) is -1.71. The van der Waals surface area contributed by atoms with Gasteiger partial charge in [0, 0.05) is 31.0 Å². The van der Waals surface area contributed by atoms with Gasteiger partial charge in [-0.1, -0.05) is 6.07 Å². The van der Waals surface area contributed by atoms with E-state index in [1.165, 1.54) is 33.3 Å². The number of carbonyl (C=O) groups is 4. The van der Waals surface area contributed by atoms with Crippen LogP contribution in [0.15, 0.2) is 35.1 Å². The monoisotopic (exact) mass is 509 g/mol. The molecule has 1 aromatic heterocycles. The Morgan fingerprint density at radius 3 is 2.43 bits per heavy atom. The van der Waals surface area contributed by atoms with Gasteiger partial charge in [0.15, 0.2) is 22.7 Å². The summed E-state index contributed by atoms with van der Waals surface area (Å²) >= 11 is 0. The lowest BCUT2D eigenvalue weighted by molar-refractivity contribution is -0.144. The predicted molar refractivity (Wildman–Crippen MR) is 131 cm³/mol. The number of carbonyl (C=O) groups excluding carboxylic acids is 4. The van der Waals surface area contributed by atoms with E-state index < -0.39 is 35.1 Å². The number of aromatic nitrogens is 1. The van der Waals surface area contributed by atoms with Gasteiger partial charge >= 0.3 is 11.9 Å². The van der Waals surface area contributed by atoms with Crippen molar-refractivity contribution in [3.63, 3.8) is 0 Å². The number of hydrogen-bond acceptors (Lipinski definition) is 10. The van der Waals surface area contributed by atoms with Crippen LogP contribution in [0.2, 0.25) is 0 Å². The van der Waals surface area contributed by atoms with Gasteiger partial charge in [-0.2, -0.15) is 0 Å². The number of amides is 1. The minimum atomic E-state index is -1.19. The Labute approximate surface area is 209 Å². The van der Waals surface area contributed by atoms with Gasteiger partial charge in [-0.15, -0.1) is 0 Å². The third kappa shape index (κ3) is 4.68. The second-order valence-corrected chi connectivity index (χ2v) is 8.05. The zero-order valence-electron chi connectivity index (χ0n) is 20.3. The van der Waals surface area contributed by atoms with E-state index in [1.807, 2.05) is 0 Å². The molecule has 0 saturated carbocycles. The Kier molecular flexibility index (Phi) is 6.83. The minimum Gasteiger partial charge on any atom is -0.494 e. The summed E-state index contributed by atoms with van der Waals surface area (Å²) in [6, 6.07) is 6.18. The lowest BCUT2D eigenvalue weighted by Gasteiger charge is -2.26. The van der Waals surface area contributed by atoms with E-state index in [0.717, 1.165) is 13.2 Å². The first-order valence-corrected chi connectivity index (χ1v) is 11.0. The van der Waals surface area contributed by atoms with Crippen LogP contribution in [-0.2, 0) is 19.1 Å². The van der Waals surface area contributed by atoms with Crippen molar-refractivity contribution < 1.29 is 38.1 Å². The first-order valence-electron chi connectivity index (χ1n) is 11.0. The highest BCUT2D eigenvalue weighted by Gasteiger charge is 2.30. The first-order chi connectivity index (χ1) is 17.7. The normalized spacial score (nSPS) is 12.2. The zero-order chi connectivity index (χ0) is 26.9. The van der Waals surface area contributed by atoms with Crippen molar-refractivity contribution in [3.05, 3.63) is 51.8 Å². The Morgan fingerprint density at radius 2 is 1.78 bits per heavy atom. The molecule has 12 heteroatoms. The molecule has 1 aliphatic rings. The summed E-state index contributed by atoms with van der Waals surface area (Å²) in [5, 5.41) is 5.64. The number of methoxy groups -OCH3 is 3. The highest BCUT2D eigenvalue weighted by molar-refractivity contribution is 6.09. The molecule has 2 heterocycles. The lowest BCUT2D eigenvalue weighted by atomic mass is 9.99. The highest BCUT2D eigenvalue weighted by Crippen LogP contribution is 2.48. The molecule has 2 aromatic carbocycles. The van der Waals surface area contributed by atoms with E-state index in [-0.39, 0.29) is 57.2 Å². The van der Waals surface area contributed by atoms with Gasteiger partial charge in [-0.3, -0.25) is 14.4 Å². The molecule has 12 nitrogen and oxygen atoms in total. The molecule has 1 unspecified atom stereocenters. The Morgan fingerprint density at radius 1 is 1.03 bits per heavy atom. The molecule has 3 N–H and O–H groups in total. The van der Waals surface area contributed by atoms with Crippen LogP contribution in [0.3, 0.4) is 0 Å². The number of benzene rings is 2. The molecule has 37 heavy (non-hydrogen) atoms. The second-order valence-electron chi connectivity index (χ2n) is 8.05. The third-order valence-corrected chi connectivity index (χ3v) is 5.71. The van der Waals surface area contributed by atoms with E-state index in [1.54, 1.807) is 12.1 Å². The lowest BCUT2D eigenvalue weighted by Crippen LogP contribution is -2.42. The molecule has 0 bridgehead atoms. The van der Waals surface area contributed by atoms with Gasteiger partial charge in [0.2, 0.25) is 5.91 Å². The van der Waals surface area contributed by atoms with Gasteiger partial charge in [-0.05, 0) is 12.1 Å². The van der Waals surface area contributed by atoms with Crippen LogP contribution in [0.1, 0.15) is 34.2 Å². The van der Waals surface area contributed by atoms with Crippen LogP contribution in [0, 0.1) is 0 Å². The van der Waals surface area contributed by atoms with E-state index in [2.05, 4.69) is 15.6 Å². The number of ether oxygens (including phenoxy) is 4. The number of nitrogens with one attached hydrogen (secondary N) is 3. The van der Waals surface area contributed by atoms with Crippen molar-refractivity contribution in [1.82, 2.24) is 10.3 Å². The van der Waals surface area contributed by atoms with Crippen LogP contribution in [0.4, 0.5) is 11.4 Å². The molecule has 4 rings (SSSR count). The topological polar surface area (TPSA) is 162 Å². The molecule has 1 aliphatic heterocycles. The molecule has 1 amide bonds. The van der Waals surface area contributed by atoms with Crippen LogP contribution in [0.25, 0.3) is 10.9 Å². The number of esters is 2. The molecule has 0 spiro atoms. The molecular formula is C25H23N3O9. The fourth-order valence-corrected chi connectivity index (χ4v) is 4.06. The molecule has 0 aliphatic carbocycles. The number of Topliss-reactive ketones (excluding diaryl/α,β-unsaturated/α-hetero) is 1. The number of hydrogen-bond donors (Lipinski definition) is 3. The predicted octanol–water partition coefficient (Wildman–Crippen LogP) is 2.42. The summed E-state index contributed by atoms with van der Waals surface area (Å²) in [5.41, 5.74) is 0.284. The second kappa shape index (κ2) is 10.0. The van der Waals surface area contributed by atoms with Gasteiger partial charge in [0.25, 0.3) is 0 Å². The fourth-order valence-electron chi connectivity index (χ4n) is 4.06. The summed E-state index contributed by atoms with van der Waals surface area (Å²) < 4.78 is 20.8. The zero-order valence-corrected chi connectivity index (χ0v) is 20.3. The van der Waals surface area contributed by atoms with Crippen LogP contribution < -0.4 is 25.5 Å². The van der Waals surface area contributed by atoms with Crippen molar-refractivity contribution in [2.45, 2.75) is 19.4 Å². The van der Waals surface area contributed by atoms with Crippen LogP contribution >= 0.6 is 0 Å². The van der Waals surface area contributed by atoms with E-state index >= 15 is 0 Å². The van der Waals surface area contributed by atoms with Crippen molar-refractivity contribution in [3.8, 4) is 17.2 Å². The van der Waals surface area contributed by atoms with Gasteiger partial charge in [0.1, 0.15) is 17.5 Å². The Hall–Kier alpha value is -4.87. The average molecular weight is 509 g/mol. The molecule has 3 aromatic rings. The number of rotatable bonds is 7. The summed E-state index contributed by atoms with van der Waals surface area (Å²) in [6.45, 7) is 1.22. The number of para-hydroxylation sites is 1. The van der Waals surface area contributed by atoms with Gasteiger partial charge < -0.3 is 34.6 Å². The van der Waals surface area contributed by atoms with Crippen molar-refractivity contribution in [2.24, 2.45) is 0 Å². The molecule has 0 saturated heterocycles. The number of pyridine rings is 1. The molecule has 1 atom stereocenters. The van der Waals surface area contributed by atoms with E-state index in [0.29, 0.717) is 0 Å². The summed E-state index contributed by atoms with van der Waals surface area (Å²) in [6.07, 6.45) is -0.371. The number of aromatic amines is 1.